The molecule has 0 aromatic heterocycles. The van der Waals surface area contributed by atoms with E-state index in [4.69, 9.17) is 4.74 Å². The fraction of sp³-hybridized carbons (Fsp3) is 0.231. The Bertz CT molecular complexity index is 517. The lowest BCUT2D eigenvalue weighted by Gasteiger charge is -2.06. The van der Waals surface area contributed by atoms with Crippen molar-refractivity contribution in [3.8, 4) is 0 Å². The van der Waals surface area contributed by atoms with Crippen molar-refractivity contribution in [2.24, 2.45) is 0 Å². The molecule has 0 spiro atoms. The Balaban J connectivity index is 2.32. The van der Waals surface area contributed by atoms with E-state index in [1.807, 2.05) is 6.07 Å². The quantitative estimate of drug-likeness (QED) is 0.805. The average molecular weight is 295 g/mol. The Hall–Kier alpha value is -1.42. The van der Waals surface area contributed by atoms with Crippen LogP contribution in [-0.4, -0.2) is 18.4 Å². The first-order chi connectivity index (χ1) is 8.13. The Morgan fingerprint density at radius 1 is 1.41 bits per heavy atom. The van der Waals surface area contributed by atoms with Crippen LogP contribution in [0.15, 0.2) is 22.7 Å². The van der Waals surface area contributed by atoms with E-state index in [-0.39, 0.29) is 18.2 Å². The standard InChI is InChI=1S/C13H11BrO3/c1-2-17-12(15)6-8-4-3-5-9-10(8)7-11(14)13(9)16/h3-5,7H,2,6H2,1H3. The number of Topliss-reactive ketones (excluding diaryl/α,β-unsaturated/α-hetero) is 1. The van der Waals surface area contributed by atoms with E-state index in [9.17, 15) is 9.59 Å². The molecule has 0 saturated heterocycles. The highest BCUT2D eigenvalue weighted by Crippen LogP contribution is 2.31. The number of ketones is 1. The summed E-state index contributed by atoms with van der Waals surface area (Å²) in [6.45, 7) is 2.14. The van der Waals surface area contributed by atoms with E-state index in [0.29, 0.717) is 16.7 Å². The molecule has 0 heterocycles. The van der Waals surface area contributed by atoms with Crippen molar-refractivity contribution in [2.75, 3.05) is 6.61 Å². The molecule has 0 radical (unpaired) electrons. The number of esters is 1. The van der Waals surface area contributed by atoms with Gasteiger partial charge in [0.2, 0.25) is 5.78 Å². The highest BCUT2D eigenvalue weighted by molar-refractivity contribution is 9.12. The third-order valence-electron chi connectivity index (χ3n) is 2.57. The van der Waals surface area contributed by atoms with E-state index >= 15 is 0 Å². The van der Waals surface area contributed by atoms with Crippen molar-refractivity contribution in [1.82, 2.24) is 0 Å². The summed E-state index contributed by atoms with van der Waals surface area (Å²) in [6, 6.07) is 5.38. The smallest absolute Gasteiger partial charge is 0.310 e. The second-order valence-corrected chi connectivity index (χ2v) is 4.54. The number of halogens is 1. The minimum atomic E-state index is -0.273. The minimum Gasteiger partial charge on any atom is -0.466 e. The van der Waals surface area contributed by atoms with Crippen LogP contribution in [0.5, 0.6) is 0 Å². The van der Waals surface area contributed by atoms with Crippen LogP contribution in [0.25, 0.3) is 6.08 Å². The molecule has 1 aromatic rings. The molecule has 0 atom stereocenters. The first-order valence-electron chi connectivity index (χ1n) is 5.33. The molecule has 4 heteroatoms. The number of rotatable bonds is 3. The van der Waals surface area contributed by atoms with Crippen molar-refractivity contribution in [2.45, 2.75) is 13.3 Å². The maximum absolute atomic E-state index is 11.7. The van der Waals surface area contributed by atoms with Gasteiger partial charge in [-0.05, 0) is 40.1 Å². The summed E-state index contributed by atoms with van der Waals surface area (Å²) in [5.74, 6) is -0.310. The van der Waals surface area contributed by atoms with Gasteiger partial charge in [0.15, 0.2) is 0 Å². The summed E-state index contributed by atoms with van der Waals surface area (Å²) in [7, 11) is 0. The van der Waals surface area contributed by atoms with Gasteiger partial charge >= 0.3 is 5.97 Å². The summed E-state index contributed by atoms with van der Waals surface area (Å²) >= 11 is 3.21. The highest BCUT2D eigenvalue weighted by atomic mass is 79.9. The minimum absolute atomic E-state index is 0.0364. The van der Waals surface area contributed by atoms with Crippen LogP contribution in [0.2, 0.25) is 0 Å². The summed E-state index contributed by atoms with van der Waals surface area (Å²) in [6.07, 6.45) is 1.95. The fourth-order valence-corrected chi connectivity index (χ4v) is 2.27. The zero-order valence-electron chi connectivity index (χ0n) is 9.33. The van der Waals surface area contributed by atoms with E-state index in [0.717, 1.165) is 11.1 Å². The first kappa shape index (κ1) is 12.0. The average Bonchev–Trinajstić information content (AvgIpc) is 2.58. The number of carbonyl (C=O) groups is 2. The molecule has 2 rings (SSSR count). The van der Waals surface area contributed by atoms with Gasteiger partial charge in [0, 0.05) is 5.56 Å². The van der Waals surface area contributed by atoms with Gasteiger partial charge in [0.25, 0.3) is 0 Å². The highest BCUT2D eigenvalue weighted by Gasteiger charge is 2.23. The molecule has 0 N–H and O–H groups in total. The van der Waals surface area contributed by atoms with Crippen LogP contribution in [-0.2, 0) is 16.0 Å². The first-order valence-corrected chi connectivity index (χ1v) is 6.12. The molecule has 0 bridgehead atoms. The lowest BCUT2D eigenvalue weighted by Crippen LogP contribution is -2.09. The molecule has 0 aliphatic heterocycles. The third kappa shape index (κ3) is 2.31. The lowest BCUT2D eigenvalue weighted by molar-refractivity contribution is -0.142. The molecule has 1 aliphatic carbocycles. The lowest BCUT2D eigenvalue weighted by atomic mass is 10.0. The predicted octanol–water partition coefficient (Wildman–Crippen LogP) is 2.72. The topological polar surface area (TPSA) is 43.4 Å². The number of ether oxygens (including phenoxy) is 1. The molecule has 3 nitrogen and oxygen atoms in total. The van der Waals surface area contributed by atoms with Crippen molar-refractivity contribution < 1.29 is 14.3 Å². The van der Waals surface area contributed by atoms with Gasteiger partial charge in [0.05, 0.1) is 17.5 Å². The monoisotopic (exact) mass is 294 g/mol. The van der Waals surface area contributed by atoms with Gasteiger partial charge in [-0.1, -0.05) is 18.2 Å². The summed E-state index contributed by atoms with van der Waals surface area (Å²) in [5, 5.41) is 0. The fourth-order valence-electron chi connectivity index (χ4n) is 1.82. The number of allylic oxidation sites excluding steroid dienone is 1. The van der Waals surface area contributed by atoms with Crippen LogP contribution < -0.4 is 0 Å². The number of benzene rings is 1. The predicted molar refractivity (Wildman–Crippen MR) is 68.0 cm³/mol. The molecular weight excluding hydrogens is 284 g/mol. The van der Waals surface area contributed by atoms with Gasteiger partial charge in [-0.25, -0.2) is 0 Å². The van der Waals surface area contributed by atoms with Gasteiger partial charge < -0.3 is 4.74 Å². The molecule has 0 fully saturated rings. The largest absolute Gasteiger partial charge is 0.466 e. The molecule has 0 amide bonds. The summed E-state index contributed by atoms with van der Waals surface area (Å²) in [4.78, 5) is 23.2. The van der Waals surface area contributed by atoms with Crippen LogP contribution in [0.1, 0.15) is 28.4 Å². The van der Waals surface area contributed by atoms with E-state index in [2.05, 4.69) is 15.9 Å². The Morgan fingerprint density at radius 2 is 2.18 bits per heavy atom. The van der Waals surface area contributed by atoms with E-state index < -0.39 is 0 Å². The maximum Gasteiger partial charge on any atom is 0.310 e. The van der Waals surface area contributed by atoms with E-state index in [1.54, 1.807) is 25.1 Å². The Morgan fingerprint density at radius 3 is 2.88 bits per heavy atom. The molecule has 0 saturated carbocycles. The van der Waals surface area contributed by atoms with Crippen molar-refractivity contribution in [1.29, 1.82) is 0 Å². The molecule has 1 aromatic carbocycles. The molecule has 0 unspecified atom stereocenters. The van der Waals surface area contributed by atoms with Crippen LogP contribution in [0.4, 0.5) is 0 Å². The third-order valence-corrected chi connectivity index (χ3v) is 3.16. The van der Waals surface area contributed by atoms with Gasteiger partial charge in [0.1, 0.15) is 0 Å². The number of carbonyl (C=O) groups excluding carboxylic acids is 2. The zero-order valence-corrected chi connectivity index (χ0v) is 10.9. The van der Waals surface area contributed by atoms with Gasteiger partial charge in [-0.3, -0.25) is 9.59 Å². The summed E-state index contributed by atoms with van der Waals surface area (Å²) in [5.41, 5.74) is 2.28. The zero-order chi connectivity index (χ0) is 12.4. The molecule has 88 valence electrons. The van der Waals surface area contributed by atoms with Crippen molar-refractivity contribution in [3.63, 3.8) is 0 Å². The number of fused-ring (bicyclic) bond motifs is 1. The number of hydrogen-bond acceptors (Lipinski definition) is 3. The van der Waals surface area contributed by atoms with Crippen LogP contribution in [0.3, 0.4) is 0 Å². The van der Waals surface area contributed by atoms with Crippen LogP contribution >= 0.6 is 15.9 Å². The maximum atomic E-state index is 11.7. The van der Waals surface area contributed by atoms with Crippen molar-refractivity contribution >= 4 is 33.8 Å². The Kier molecular flexibility index (Phi) is 3.43. The SMILES string of the molecule is CCOC(=O)Cc1cccc2c1C=C(Br)C2=O. The second-order valence-electron chi connectivity index (χ2n) is 3.68. The Labute approximate surface area is 108 Å². The summed E-state index contributed by atoms with van der Waals surface area (Å²) < 4.78 is 5.43. The molecule has 1 aliphatic rings. The number of hydrogen-bond donors (Lipinski definition) is 0. The van der Waals surface area contributed by atoms with Crippen LogP contribution in [0, 0.1) is 0 Å². The van der Waals surface area contributed by atoms with Gasteiger partial charge in [-0.2, -0.15) is 0 Å². The van der Waals surface area contributed by atoms with E-state index in [1.165, 1.54) is 0 Å². The second kappa shape index (κ2) is 4.84. The molecule has 17 heavy (non-hydrogen) atoms. The van der Waals surface area contributed by atoms with Gasteiger partial charge in [-0.15, -0.1) is 0 Å². The molecular formula is C13H11BrO3. The van der Waals surface area contributed by atoms with Crippen molar-refractivity contribution in [3.05, 3.63) is 39.4 Å². The normalized spacial score (nSPS) is 13.3.